The molecule has 138 valence electrons. The van der Waals surface area contributed by atoms with Crippen LogP contribution in [-0.2, 0) is 0 Å². The van der Waals surface area contributed by atoms with Crippen molar-refractivity contribution in [2.75, 3.05) is 6.61 Å². The summed E-state index contributed by atoms with van der Waals surface area (Å²) in [7, 11) is 0. The second kappa shape index (κ2) is 10.2. The molecule has 0 aliphatic heterocycles. The Morgan fingerprint density at radius 1 is 1.00 bits per heavy atom. The van der Waals surface area contributed by atoms with E-state index in [1.165, 1.54) is 37.5 Å². The Hall–Kier alpha value is -2.89. The first-order chi connectivity index (χ1) is 12.6. The maximum atomic E-state index is 12.2. The maximum absolute atomic E-state index is 12.2. The van der Waals surface area contributed by atoms with E-state index in [4.69, 9.17) is 9.47 Å². The normalized spacial score (nSPS) is 10.3. The van der Waals surface area contributed by atoms with E-state index in [1.807, 2.05) is 0 Å². The first-order valence-electron chi connectivity index (χ1n) is 8.80. The van der Waals surface area contributed by atoms with E-state index >= 15 is 0 Å². The van der Waals surface area contributed by atoms with Crippen LogP contribution in [0.15, 0.2) is 48.5 Å². The predicted molar refractivity (Wildman–Crippen MR) is 98.8 cm³/mol. The van der Waals surface area contributed by atoms with E-state index in [0.717, 1.165) is 12.8 Å². The van der Waals surface area contributed by atoms with Gasteiger partial charge in [-0.3, -0.25) is 10.1 Å². The topological polar surface area (TPSA) is 78.7 Å². The number of esters is 1. The van der Waals surface area contributed by atoms with Crippen molar-refractivity contribution < 1.29 is 19.2 Å². The summed E-state index contributed by atoms with van der Waals surface area (Å²) < 4.78 is 10.8. The molecule has 0 fully saturated rings. The number of para-hydroxylation sites is 2. The van der Waals surface area contributed by atoms with Crippen molar-refractivity contribution in [3.05, 3.63) is 64.2 Å². The Morgan fingerprint density at radius 2 is 1.69 bits per heavy atom. The minimum absolute atomic E-state index is 0.0742. The predicted octanol–water partition coefficient (Wildman–Crippen LogP) is 5.16. The van der Waals surface area contributed by atoms with Crippen LogP contribution >= 0.6 is 0 Å². The molecule has 0 unspecified atom stereocenters. The third-order valence-electron chi connectivity index (χ3n) is 3.87. The number of nitrogens with zero attached hydrogens (tertiary/aromatic N) is 1. The van der Waals surface area contributed by atoms with Gasteiger partial charge in [-0.2, -0.15) is 0 Å². The lowest BCUT2D eigenvalue weighted by molar-refractivity contribution is -0.385. The maximum Gasteiger partial charge on any atom is 0.343 e. The molecule has 6 heteroatoms. The van der Waals surface area contributed by atoms with Crippen LogP contribution in [-0.4, -0.2) is 17.5 Å². The van der Waals surface area contributed by atoms with Crippen LogP contribution in [0.3, 0.4) is 0 Å². The Balaban J connectivity index is 1.88. The van der Waals surface area contributed by atoms with Gasteiger partial charge < -0.3 is 9.47 Å². The molecule has 0 amide bonds. The first kappa shape index (κ1) is 19.4. The summed E-state index contributed by atoms with van der Waals surface area (Å²) in [5.74, 6) is -0.0388. The molecule has 0 spiro atoms. The van der Waals surface area contributed by atoms with Crippen LogP contribution in [0.5, 0.6) is 11.5 Å². The van der Waals surface area contributed by atoms with Gasteiger partial charge in [-0.25, -0.2) is 4.79 Å². The highest BCUT2D eigenvalue weighted by molar-refractivity contribution is 5.91. The molecule has 2 aromatic rings. The number of unbranched alkanes of at least 4 members (excludes halogenated alkanes) is 4. The first-order valence-corrected chi connectivity index (χ1v) is 8.80. The molecule has 0 heterocycles. The second-order valence-corrected chi connectivity index (χ2v) is 5.90. The highest BCUT2D eigenvalue weighted by atomic mass is 16.6. The fourth-order valence-electron chi connectivity index (χ4n) is 2.44. The van der Waals surface area contributed by atoms with Gasteiger partial charge in [-0.1, -0.05) is 44.7 Å². The Labute approximate surface area is 152 Å². The molecule has 0 saturated carbocycles. The third kappa shape index (κ3) is 5.88. The van der Waals surface area contributed by atoms with Crippen LogP contribution in [0, 0.1) is 10.1 Å². The summed E-state index contributed by atoms with van der Waals surface area (Å²) in [6, 6.07) is 12.3. The molecular weight excluding hydrogens is 334 g/mol. The fraction of sp³-hybridized carbons (Fsp3) is 0.350. The van der Waals surface area contributed by atoms with Crippen LogP contribution < -0.4 is 9.47 Å². The SMILES string of the molecule is CCCCCCCOc1ccc(C(=O)Oc2ccccc2[N+](=O)[O-])cc1. The van der Waals surface area contributed by atoms with Crippen molar-refractivity contribution >= 4 is 11.7 Å². The zero-order chi connectivity index (χ0) is 18.8. The van der Waals surface area contributed by atoms with E-state index < -0.39 is 10.9 Å². The molecule has 0 radical (unpaired) electrons. The van der Waals surface area contributed by atoms with Crippen molar-refractivity contribution in [3.63, 3.8) is 0 Å². The summed E-state index contributed by atoms with van der Waals surface area (Å²) in [6.45, 7) is 2.82. The number of nitro benzene ring substituents is 1. The van der Waals surface area contributed by atoms with Gasteiger partial charge in [0.05, 0.1) is 17.1 Å². The van der Waals surface area contributed by atoms with Crippen molar-refractivity contribution in [1.82, 2.24) is 0 Å². The highest BCUT2D eigenvalue weighted by Crippen LogP contribution is 2.26. The monoisotopic (exact) mass is 357 g/mol. The summed E-state index contributed by atoms with van der Waals surface area (Å²) in [4.78, 5) is 22.6. The average Bonchev–Trinajstić information content (AvgIpc) is 2.65. The van der Waals surface area contributed by atoms with Gasteiger partial charge in [0, 0.05) is 6.07 Å². The van der Waals surface area contributed by atoms with E-state index in [2.05, 4.69) is 6.92 Å². The summed E-state index contributed by atoms with van der Waals surface area (Å²) >= 11 is 0. The lowest BCUT2D eigenvalue weighted by Crippen LogP contribution is -2.09. The summed E-state index contributed by atoms with van der Waals surface area (Å²) in [5, 5.41) is 11.0. The Morgan fingerprint density at radius 3 is 2.38 bits per heavy atom. The zero-order valence-electron chi connectivity index (χ0n) is 14.8. The number of nitro groups is 1. The standard InChI is InChI=1S/C20H23NO5/c1-2-3-4-5-8-15-25-17-13-11-16(12-14-17)20(22)26-19-10-7-6-9-18(19)21(23)24/h6-7,9-14H,2-5,8,15H2,1H3. The van der Waals surface area contributed by atoms with E-state index in [0.29, 0.717) is 17.9 Å². The van der Waals surface area contributed by atoms with Gasteiger partial charge in [-0.05, 0) is 36.8 Å². The average molecular weight is 357 g/mol. The van der Waals surface area contributed by atoms with E-state index in [1.54, 1.807) is 30.3 Å². The quantitative estimate of drug-likeness (QED) is 0.193. The van der Waals surface area contributed by atoms with Gasteiger partial charge >= 0.3 is 11.7 Å². The molecule has 2 rings (SSSR count). The highest BCUT2D eigenvalue weighted by Gasteiger charge is 2.18. The number of carbonyl (C=O) groups is 1. The smallest absolute Gasteiger partial charge is 0.343 e. The number of hydrogen-bond donors (Lipinski definition) is 0. The van der Waals surface area contributed by atoms with Crippen LogP contribution in [0.4, 0.5) is 5.69 Å². The molecule has 6 nitrogen and oxygen atoms in total. The number of carbonyl (C=O) groups excluding carboxylic acids is 1. The number of benzene rings is 2. The van der Waals surface area contributed by atoms with E-state index in [-0.39, 0.29) is 11.4 Å². The van der Waals surface area contributed by atoms with Gasteiger partial charge in [0.25, 0.3) is 0 Å². The molecule has 0 saturated heterocycles. The molecule has 0 bridgehead atoms. The Kier molecular flexibility index (Phi) is 7.61. The zero-order valence-corrected chi connectivity index (χ0v) is 14.8. The lowest BCUT2D eigenvalue weighted by atomic mass is 10.2. The van der Waals surface area contributed by atoms with Crippen molar-refractivity contribution in [2.45, 2.75) is 39.0 Å². The van der Waals surface area contributed by atoms with E-state index in [9.17, 15) is 14.9 Å². The molecule has 0 aromatic heterocycles. The lowest BCUT2D eigenvalue weighted by Gasteiger charge is -2.08. The minimum atomic E-state index is -0.648. The van der Waals surface area contributed by atoms with Gasteiger partial charge in [0.15, 0.2) is 0 Å². The molecule has 26 heavy (non-hydrogen) atoms. The molecule has 2 aromatic carbocycles. The minimum Gasteiger partial charge on any atom is -0.494 e. The van der Waals surface area contributed by atoms with Gasteiger partial charge in [-0.15, -0.1) is 0 Å². The largest absolute Gasteiger partial charge is 0.494 e. The molecule has 0 aliphatic rings. The van der Waals surface area contributed by atoms with Gasteiger partial charge in [0.1, 0.15) is 5.75 Å². The number of rotatable bonds is 10. The van der Waals surface area contributed by atoms with Crippen molar-refractivity contribution in [3.8, 4) is 11.5 Å². The number of ether oxygens (including phenoxy) is 2. The van der Waals surface area contributed by atoms with Gasteiger partial charge in [0.2, 0.25) is 5.75 Å². The fourth-order valence-corrected chi connectivity index (χ4v) is 2.44. The van der Waals surface area contributed by atoms with Crippen molar-refractivity contribution in [2.24, 2.45) is 0 Å². The number of hydrogen-bond acceptors (Lipinski definition) is 5. The van der Waals surface area contributed by atoms with Crippen molar-refractivity contribution in [1.29, 1.82) is 0 Å². The second-order valence-electron chi connectivity index (χ2n) is 5.90. The van der Waals surface area contributed by atoms with Crippen LogP contribution in [0.2, 0.25) is 0 Å². The molecule has 0 N–H and O–H groups in total. The molecule has 0 aliphatic carbocycles. The summed E-state index contributed by atoms with van der Waals surface area (Å²) in [6.07, 6.45) is 5.83. The van der Waals surface area contributed by atoms with Crippen LogP contribution in [0.1, 0.15) is 49.4 Å². The van der Waals surface area contributed by atoms with Crippen LogP contribution in [0.25, 0.3) is 0 Å². The molecular formula is C20H23NO5. The summed E-state index contributed by atoms with van der Waals surface area (Å²) in [5.41, 5.74) is 0.0577. The third-order valence-corrected chi connectivity index (χ3v) is 3.87. The molecule has 0 atom stereocenters. The Bertz CT molecular complexity index is 727.